The first-order valence-corrected chi connectivity index (χ1v) is 5.86. The Labute approximate surface area is 101 Å². The third-order valence-electron chi connectivity index (χ3n) is 2.93. The lowest BCUT2D eigenvalue weighted by Gasteiger charge is -2.25. The number of hydrogen-bond acceptors (Lipinski definition) is 4. The average molecular weight is 260 g/mol. The average Bonchev–Trinajstić information content (AvgIpc) is 2.59. The smallest absolute Gasteiger partial charge is 0.329 e. The van der Waals surface area contributed by atoms with Crippen molar-refractivity contribution in [2.45, 2.75) is 36.1 Å². The van der Waals surface area contributed by atoms with Gasteiger partial charge in [0.1, 0.15) is 11.4 Å². The summed E-state index contributed by atoms with van der Waals surface area (Å²) in [6, 6.07) is -2.70. The Morgan fingerprint density at radius 2 is 1.94 bits per heavy atom. The van der Waals surface area contributed by atoms with Crippen LogP contribution >= 0.6 is 11.8 Å². The highest BCUT2D eigenvalue weighted by atomic mass is 32.2. The fourth-order valence-corrected chi connectivity index (χ4v) is 3.87. The van der Waals surface area contributed by atoms with E-state index in [0.717, 1.165) is 4.90 Å². The monoisotopic (exact) mass is 260 g/mol. The molecule has 2 heterocycles. The van der Waals surface area contributed by atoms with Crippen LogP contribution in [0.15, 0.2) is 0 Å². The molecule has 2 saturated heterocycles. The van der Waals surface area contributed by atoms with Crippen LogP contribution in [0.2, 0.25) is 0 Å². The van der Waals surface area contributed by atoms with E-state index < -0.39 is 40.2 Å². The van der Waals surface area contributed by atoms with Crippen LogP contribution in [-0.2, 0) is 9.59 Å². The first kappa shape index (κ1) is 12.0. The van der Waals surface area contributed by atoms with Gasteiger partial charge in [-0.3, -0.25) is 4.90 Å². The zero-order valence-corrected chi connectivity index (χ0v) is 10.0. The number of urea groups is 1. The van der Waals surface area contributed by atoms with E-state index in [9.17, 15) is 14.4 Å². The molecule has 0 spiro atoms. The molecule has 0 aliphatic carbocycles. The summed E-state index contributed by atoms with van der Waals surface area (Å²) in [5.74, 6) is -2.27. The van der Waals surface area contributed by atoms with E-state index in [1.807, 2.05) is 0 Å². The van der Waals surface area contributed by atoms with Gasteiger partial charge in [-0.1, -0.05) is 0 Å². The van der Waals surface area contributed by atoms with Crippen LogP contribution in [0.4, 0.5) is 4.79 Å². The Morgan fingerprint density at radius 3 is 2.41 bits per heavy atom. The van der Waals surface area contributed by atoms with E-state index in [4.69, 9.17) is 10.2 Å². The third-order valence-corrected chi connectivity index (χ3v) is 4.51. The molecule has 0 bridgehead atoms. The molecule has 0 aromatic heterocycles. The van der Waals surface area contributed by atoms with Crippen molar-refractivity contribution in [2.24, 2.45) is 0 Å². The molecule has 0 saturated carbocycles. The molecule has 2 rings (SSSR count). The lowest BCUT2D eigenvalue weighted by atomic mass is 10.0. The third kappa shape index (κ3) is 1.63. The van der Waals surface area contributed by atoms with E-state index in [0.29, 0.717) is 0 Å². The van der Waals surface area contributed by atoms with E-state index in [2.05, 4.69) is 5.32 Å². The Hall–Kier alpha value is -1.44. The molecule has 2 fully saturated rings. The summed E-state index contributed by atoms with van der Waals surface area (Å²) >= 11 is 1.20. The molecule has 0 aromatic rings. The summed E-state index contributed by atoms with van der Waals surface area (Å²) in [5.41, 5.74) is 0. The van der Waals surface area contributed by atoms with Crippen LogP contribution in [-0.4, -0.2) is 55.3 Å². The number of carboxylic acid groups (broad SMARTS) is 2. The molecule has 7 nitrogen and oxygen atoms in total. The highest BCUT2D eigenvalue weighted by Gasteiger charge is 2.60. The number of amides is 2. The lowest BCUT2D eigenvalue weighted by Crippen LogP contribution is -2.49. The predicted molar refractivity (Wildman–Crippen MR) is 58.7 cm³/mol. The summed E-state index contributed by atoms with van der Waals surface area (Å²) < 4.78 is -0.706. The SMILES string of the molecule is CC1(C)S[C@@H]2[C@@H](C(=O)O)NC(=O)N2[C@H]1C(=O)O. The van der Waals surface area contributed by atoms with Gasteiger partial charge in [-0.05, 0) is 13.8 Å². The van der Waals surface area contributed by atoms with Crippen molar-refractivity contribution >= 4 is 29.7 Å². The zero-order valence-electron chi connectivity index (χ0n) is 9.21. The molecule has 0 unspecified atom stereocenters. The van der Waals surface area contributed by atoms with E-state index in [1.54, 1.807) is 13.8 Å². The highest BCUT2D eigenvalue weighted by molar-refractivity contribution is 8.01. The number of aliphatic carboxylic acids is 2. The van der Waals surface area contributed by atoms with E-state index in [1.165, 1.54) is 11.8 Å². The Bertz CT molecular complexity index is 410. The molecule has 2 aliphatic rings. The van der Waals surface area contributed by atoms with Gasteiger partial charge in [-0.15, -0.1) is 11.8 Å². The maximum absolute atomic E-state index is 11.6. The number of carboxylic acids is 2. The summed E-state index contributed by atoms with van der Waals surface area (Å²) in [7, 11) is 0. The number of fused-ring (bicyclic) bond motifs is 1. The van der Waals surface area contributed by atoms with Crippen LogP contribution in [0.1, 0.15) is 13.8 Å². The minimum atomic E-state index is -1.15. The second-order valence-corrected chi connectivity index (χ2v) is 6.30. The quantitative estimate of drug-likeness (QED) is 0.633. The number of nitrogens with one attached hydrogen (secondary N) is 1. The molecule has 17 heavy (non-hydrogen) atoms. The molecule has 2 aliphatic heterocycles. The maximum Gasteiger partial charge on any atom is 0.329 e. The van der Waals surface area contributed by atoms with Gasteiger partial charge in [0, 0.05) is 4.75 Å². The lowest BCUT2D eigenvalue weighted by molar-refractivity contribution is -0.143. The molecule has 94 valence electrons. The van der Waals surface area contributed by atoms with Gasteiger partial charge in [-0.25, -0.2) is 14.4 Å². The maximum atomic E-state index is 11.6. The van der Waals surface area contributed by atoms with E-state index >= 15 is 0 Å². The van der Waals surface area contributed by atoms with Gasteiger partial charge >= 0.3 is 18.0 Å². The van der Waals surface area contributed by atoms with Gasteiger partial charge in [0.05, 0.1) is 0 Å². The summed E-state index contributed by atoms with van der Waals surface area (Å²) in [6.07, 6.45) is 0. The molecule has 8 heteroatoms. The summed E-state index contributed by atoms with van der Waals surface area (Å²) in [5, 5.41) is 19.7. The minimum Gasteiger partial charge on any atom is -0.480 e. The van der Waals surface area contributed by atoms with Crippen molar-refractivity contribution in [1.82, 2.24) is 10.2 Å². The number of hydrogen-bond donors (Lipinski definition) is 3. The van der Waals surface area contributed by atoms with E-state index in [-0.39, 0.29) is 0 Å². The number of carbonyl (C=O) groups excluding carboxylic acids is 1. The topological polar surface area (TPSA) is 107 Å². The second kappa shape index (κ2) is 3.52. The van der Waals surface area contributed by atoms with Crippen LogP contribution in [0, 0.1) is 0 Å². The number of carbonyl (C=O) groups is 3. The summed E-state index contributed by atoms with van der Waals surface area (Å²) in [6.45, 7) is 3.39. The molecule has 2 amide bonds. The number of thioether (sulfide) groups is 1. The molecule has 3 atom stereocenters. The first-order chi connectivity index (χ1) is 7.75. The molecular formula is C9H12N2O5S. The molecule has 0 aromatic carbocycles. The van der Waals surface area contributed by atoms with Crippen LogP contribution in [0.5, 0.6) is 0 Å². The zero-order chi connectivity index (χ0) is 13.0. The Morgan fingerprint density at radius 1 is 1.35 bits per heavy atom. The van der Waals surface area contributed by atoms with Crippen LogP contribution < -0.4 is 5.32 Å². The van der Waals surface area contributed by atoms with Gasteiger partial charge in [0.25, 0.3) is 0 Å². The van der Waals surface area contributed by atoms with Crippen LogP contribution in [0.25, 0.3) is 0 Å². The fourth-order valence-electron chi connectivity index (χ4n) is 2.25. The van der Waals surface area contributed by atoms with Crippen molar-refractivity contribution in [3.8, 4) is 0 Å². The standard InChI is InChI=1S/C9H12N2O5S/c1-9(2)4(7(14)15)11-5(17-9)3(6(12)13)10-8(11)16/h3-5H,1-2H3,(H,10,16)(H,12,13)(H,14,15)/t3-,4-,5+/m0/s1. The highest BCUT2D eigenvalue weighted by Crippen LogP contribution is 2.47. The minimum absolute atomic E-state index is 0.632. The van der Waals surface area contributed by atoms with Gasteiger partial charge in [0.2, 0.25) is 0 Å². The predicted octanol–water partition coefficient (Wildman–Crippen LogP) is -0.231. The normalized spacial score (nSPS) is 34.4. The molecule has 3 N–H and O–H groups in total. The molecule has 0 radical (unpaired) electrons. The molecular weight excluding hydrogens is 248 g/mol. The van der Waals surface area contributed by atoms with Gasteiger partial charge < -0.3 is 15.5 Å². The van der Waals surface area contributed by atoms with Crippen molar-refractivity contribution in [3.63, 3.8) is 0 Å². The first-order valence-electron chi connectivity index (χ1n) is 4.98. The summed E-state index contributed by atoms with van der Waals surface area (Å²) in [4.78, 5) is 34.9. The van der Waals surface area contributed by atoms with Crippen molar-refractivity contribution in [2.75, 3.05) is 0 Å². The Kier molecular flexibility index (Phi) is 2.49. The number of nitrogens with zero attached hydrogens (tertiary/aromatic N) is 1. The van der Waals surface area contributed by atoms with Crippen molar-refractivity contribution in [1.29, 1.82) is 0 Å². The van der Waals surface area contributed by atoms with Crippen LogP contribution in [0.3, 0.4) is 0 Å². The largest absolute Gasteiger partial charge is 0.480 e. The van der Waals surface area contributed by atoms with Crippen molar-refractivity contribution < 1.29 is 24.6 Å². The fraction of sp³-hybridized carbons (Fsp3) is 0.667. The number of rotatable bonds is 2. The van der Waals surface area contributed by atoms with Gasteiger partial charge in [0.15, 0.2) is 6.04 Å². The van der Waals surface area contributed by atoms with Crippen molar-refractivity contribution in [3.05, 3.63) is 0 Å². The van der Waals surface area contributed by atoms with Gasteiger partial charge in [-0.2, -0.15) is 0 Å². The second-order valence-electron chi connectivity index (χ2n) is 4.53. The Balaban J connectivity index is 2.38.